The van der Waals surface area contributed by atoms with Gasteiger partial charge < -0.3 is 0 Å². The van der Waals surface area contributed by atoms with Gasteiger partial charge in [-0.25, -0.2) is 10.3 Å². The van der Waals surface area contributed by atoms with Gasteiger partial charge in [-0.15, -0.1) is 0 Å². The first-order valence-corrected chi connectivity index (χ1v) is 2.48. The van der Waals surface area contributed by atoms with Crippen LogP contribution in [0, 0.1) is 0 Å². The van der Waals surface area contributed by atoms with Gasteiger partial charge in [0.25, 0.3) is 0 Å². The second-order valence-corrected chi connectivity index (χ2v) is 1.26. The van der Waals surface area contributed by atoms with E-state index in [-0.39, 0.29) is 0 Å². The van der Waals surface area contributed by atoms with E-state index in [4.69, 9.17) is 0 Å². The summed E-state index contributed by atoms with van der Waals surface area (Å²) in [5, 5.41) is 0. The van der Waals surface area contributed by atoms with Gasteiger partial charge in [0.1, 0.15) is 0 Å². The largest absolute Gasteiger partial charge is 0.248 e. The fourth-order valence-electron chi connectivity index (χ4n) is 0.181. The topological polar surface area (TPSA) is 24.1 Å². The van der Waals surface area contributed by atoms with Crippen LogP contribution in [0.3, 0.4) is 0 Å². The Labute approximate surface area is 43.8 Å². The van der Waals surface area contributed by atoms with E-state index in [0.29, 0.717) is 0 Å². The molecule has 0 aliphatic carbocycles. The monoisotopic (exact) mass is 106 g/mol. The van der Waals surface area contributed by atoms with E-state index in [1.165, 1.54) is 0 Å². The average Bonchev–Trinajstić information content (AvgIpc) is 1.61. The van der Waals surface area contributed by atoms with E-state index < -0.39 is 0 Å². The molecule has 0 aromatic rings. The maximum atomic E-state index is 3.69. The molecular formula is C3H10N2S. The molecule has 0 rings (SSSR count). The third kappa shape index (κ3) is 4.27. The third-order valence-corrected chi connectivity index (χ3v) is 0.612. The second kappa shape index (κ2) is 5.27. The summed E-state index contributed by atoms with van der Waals surface area (Å²) in [5.41, 5.74) is 2.81. The number of thiol groups is 1. The first kappa shape index (κ1) is 6.27. The molecule has 0 aromatic heterocycles. The van der Waals surface area contributed by atoms with Crippen LogP contribution in [-0.2, 0) is 0 Å². The molecule has 0 unspecified atom stereocenters. The predicted molar refractivity (Wildman–Crippen MR) is 30.4 cm³/mol. The van der Waals surface area contributed by atoms with E-state index in [1.807, 2.05) is 0 Å². The Morgan fingerprint density at radius 3 is 2.50 bits per heavy atom. The molecule has 0 heterocycles. The minimum absolute atomic E-state index is 0.976. The Kier molecular flexibility index (Phi) is 5.51. The summed E-state index contributed by atoms with van der Waals surface area (Å²) < 4.78 is 0. The van der Waals surface area contributed by atoms with Gasteiger partial charge >= 0.3 is 0 Å². The Morgan fingerprint density at radius 2 is 2.33 bits per heavy atom. The molecule has 0 aromatic carbocycles. The molecule has 2 N–H and O–H groups in total. The zero-order valence-electron chi connectivity index (χ0n) is 3.86. The van der Waals surface area contributed by atoms with Crippen LogP contribution in [0.5, 0.6) is 0 Å². The smallest absolute Gasteiger partial charge is 0.0106 e. The number of hydrogen-bond donors (Lipinski definition) is 3. The molecule has 0 spiro atoms. The van der Waals surface area contributed by atoms with Crippen LogP contribution in [0.1, 0.15) is 13.3 Å². The summed E-state index contributed by atoms with van der Waals surface area (Å²) >= 11 is 3.69. The van der Waals surface area contributed by atoms with E-state index in [0.717, 1.165) is 13.0 Å². The van der Waals surface area contributed by atoms with Crippen LogP contribution >= 0.6 is 12.8 Å². The van der Waals surface area contributed by atoms with Gasteiger partial charge in [0.2, 0.25) is 0 Å². The number of hydrogen-bond acceptors (Lipinski definition) is 3. The average molecular weight is 106 g/mol. The Balaban J connectivity index is 2.34. The summed E-state index contributed by atoms with van der Waals surface area (Å²) in [6.45, 7) is 3.07. The van der Waals surface area contributed by atoms with Crippen LogP contribution in [0.4, 0.5) is 0 Å². The summed E-state index contributed by atoms with van der Waals surface area (Å²) in [4.78, 5) is 2.51. The maximum Gasteiger partial charge on any atom is 0.0106 e. The molecule has 0 aliphatic rings. The Hall–Kier alpha value is 0.270. The van der Waals surface area contributed by atoms with Crippen molar-refractivity contribution in [2.24, 2.45) is 0 Å². The quantitative estimate of drug-likeness (QED) is 0.274. The zero-order valence-corrected chi connectivity index (χ0v) is 4.76. The van der Waals surface area contributed by atoms with E-state index in [9.17, 15) is 0 Å². The van der Waals surface area contributed by atoms with Crippen molar-refractivity contribution in [2.45, 2.75) is 13.3 Å². The van der Waals surface area contributed by atoms with Crippen LogP contribution in [0.15, 0.2) is 0 Å². The number of rotatable bonds is 3. The third-order valence-electron chi connectivity index (χ3n) is 0.454. The SMILES string of the molecule is CCCNNS. The van der Waals surface area contributed by atoms with Gasteiger partial charge in [0.05, 0.1) is 0 Å². The van der Waals surface area contributed by atoms with Crippen LogP contribution < -0.4 is 10.3 Å². The highest BCUT2D eigenvalue weighted by molar-refractivity contribution is 7.78. The lowest BCUT2D eigenvalue weighted by atomic mass is 10.5. The lowest BCUT2D eigenvalue weighted by Gasteiger charge is -1.93. The molecule has 2 nitrogen and oxygen atoms in total. The van der Waals surface area contributed by atoms with Gasteiger partial charge in [0, 0.05) is 6.54 Å². The van der Waals surface area contributed by atoms with E-state index in [2.05, 4.69) is 30.0 Å². The van der Waals surface area contributed by atoms with Gasteiger partial charge in [-0.3, -0.25) is 0 Å². The van der Waals surface area contributed by atoms with E-state index >= 15 is 0 Å². The first-order valence-electron chi connectivity index (χ1n) is 2.03. The standard InChI is InChI=1S/C3H10N2S/c1-2-3-4-5-6/h4-6H,2-3H2,1H3. The maximum absolute atomic E-state index is 3.69. The molecule has 0 radical (unpaired) electrons. The van der Waals surface area contributed by atoms with Crippen LogP contribution in [0.2, 0.25) is 0 Å². The van der Waals surface area contributed by atoms with Crippen molar-refractivity contribution in [2.75, 3.05) is 6.54 Å². The highest BCUT2D eigenvalue weighted by Crippen LogP contribution is 1.64. The molecule has 3 heteroatoms. The molecule has 0 saturated carbocycles. The highest BCUT2D eigenvalue weighted by atomic mass is 32.1. The van der Waals surface area contributed by atoms with Crippen molar-refractivity contribution in [3.05, 3.63) is 0 Å². The molecule has 6 heavy (non-hydrogen) atoms. The van der Waals surface area contributed by atoms with Gasteiger partial charge in [-0.1, -0.05) is 19.7 Å². The highest BCUT2D eigenvalue weighted by Gasteiger charge is 1.70. The molecule has 0 atom stereocenters. The predicted octanol–water partition coefficient (Wildman–Crippen LogP) is 0.335. The molecule has 0 bridgehead atoms. The molecule has 0 fully saturated rings. The lowest BCUT2D eigenvalue weighted by molar-refractivity contribution is 0.671. The van der Waals surface area contributed by atoms with Crippen molar-refractivity contribution in [1.82, 2.24) is 10.3 Å². The van der Waals surface area contributed by atoms with Crippen LogP contribution in [-0.4, -0.2) is 6.54 Å². The fourth-order valence-corrected chi connectivity index (χ4v) is 0.293. The zero-order chi connectivity index (χ0) is 4.83. The molecule has 38 valence electrons. The van der Waals surface area contributed by atoms with Gasteiger partial charge in [-0.2, -0.15) is 0 Å². The van der Waals surface area contributed by atoms with Gasteiger partial charge in [-0.05, 0) is 6.42 Å². The summed E-state index contributed by atoms with van der Waals surface area (Å²) in [6.07, 6.45) is 1.13. The molecule has 0 saturated heterocycles. The fraction of sp³-hybridized carbons (Fsp3) is 1.00. The normalized spacial score (nSPS) is 9.00. The van der Waals surface area contributed by atoms with Crippen molar-refractivity contribution in [1.29, 1.82) is 0 Å². The number of nitrogens with one attached hydrogen (secondary N) is 2. The molecular weight excluding hydrogens is 96.1 g/mol. The summed E-state index contributed by atoms with van der Waals surface area (Å²) in [6, 6.07) is 0. The van der Waals surface area contributed by atoms with Crippen molar-refractivity contribution < 1.29 is 0 Å². The minimum Gasteiger partial charge on any atom is -0.248 e. The second-order valence-electron chi connectivity index (χ2n) is 1.04. The Bertz CT molecular complexity index is 20.8. The summed E-state index contributed by atoms with van der Waals surface area (Å²) in [5.74, 6) is 0. The minimum atomic E-state index is 0.976. The molecule has 0 amide bonds. The summed E-state index contributed by atoms with van der Waals surface area (Å²) in [7, 11) is 0. The van der Waals surface area contributed by atoms with Crippen molar-refractivity contribution in [3.63, 3.8) is 0 Å². The van der Waals surface area contributed by atoms with Crippen molar-refractivity contribution >= 4 is 12.8 Å². The van der Waals surface area contributed by atoms with Crippen LogP contribution in [0.25, 0.3) is 0 Å². The number of hydrazine groups is 1. The van der Waals surface area contributed by atoms with E-state index in [1.54, 1.807) is 0 Å². The van der Waals surface area contributed by atoms with Gasteiger partial charge in [0.15, 0.2) is 0 Å². The Morgan fingerprint density at radius 1 is 1.67 bits per heavy atom. The lowest BCUT2D eigenvalue weighted by Crippen LogP contribution is -2.23. The first-order chi connectivity index (χ1) is 2.91. The van der Waals surface area contributed by atoms with Crippen molar-refractivity contribution in [3.8, 4) is 0 Å². The molecule has 0 aliphatic heterocycles.